The molecule has 156 valence electrons. The van der Waals surface area contributed by atoms with Gasteiger partial charge in [-0.1, -0.05) is 37.3 Å². The summed E-state index contributed by atoms with van der Waals surface area (Å²) < 4.78 is 5.77. The summed E-state index contributed by atoms with van der Waals surface area (Å²) in [4.78, 5) is 21.8. The maximum absolute atomic E-state index is 12.9. The average Bonchev–Trinajstić information content (AvgIpc) is 3.26. The number of carbonyl (C=O) groups is 1. The molecule has 2 aromatic carbocycles. The molecule has 1 aliphatic rings. The summed E-state index contributed by atoms with van der Waals surface area (Å²) in [5.41, 5.74) is 2.93. The van der Waals surface area contributed by atoms with Gasteiger partial charge in [-0.3, -0.25) is 9.69 Å². The van der Waals surface area contributed by atoms with Gasteiger partial charge >= 0.3 is 0 Å². The van der Waals surface area contributed by atoms with Gasteiger partial charge in [-0.05, 0) is 36.2 Å². The number of aromatic nitrogens is 1. The number of hydrogen-bond donors (Lipinski definition) is 0. The van der Waals surface area contributed by atoms with Gasteiger partial charge in [0.2, 0.25) is 0 Å². The van der Waals surface area contributed by atoms with Crippen LogP contribution in [-0.2, 0) is 19.6 Å². The highest BCUT2D eigenvalue weighted by Crippen LogP contribution is 2.16. The van der Waals surface area contributed by atoms with Crippen molar-refractivity contribution in [2.75, 3.05) is 26.2 Å². The van der Waals surface area contributed by atoms with Crippen LogP contribution < -0.4 is 4.74 Å². The van der Waals surface area contributed by atoms with Crippen molar-refractivity contribution in [3.05, 3.63) is 81.8 Å². The van der Waals surface area contributed by atoms with Crippen molar-refractivity contribution in [2.45, 2.75) is 26.5 Å². The number of ether oxygens (including phenoxy) is 1. The van der Waals surface area contributed by atoms with Crippen molar-refractivity contribution >= 4 is 17.2 Å². The van der Waals surface area contributed by atoms with E-state index in [1.165, 1.54) is 5.01 Å². The topological polar surface area (TPSA) is 45.7 Å². The predicted octanol–water partition coefficient (Wildman–Crippen LogP) is 4.24. The summed E-state index contributed by atoms with van der Waals surface area (Å²) in [6.45, 7) is 6.77. The van der Waals surface area contributed by atoms with Crippen LogP contribution in [0.15, 0.2) is 60.0 Å². The molecule has 0 aliphatic carbocycles. The van der Waals surface area contributed by atoms with Crippen LogP contribution in [0.25, 0.3) is 0 Å². The van der Waals surface area contributed by atoms with Crippen LogP contribution in [0.3, 0.4) is 0 Å². The molecule has 4 rings (SSSR count). The minimum atomic E-state index is 0.104. The number of rotatable bonds is 7. The van der Waals surface area contributed by atoms with Gasteiger partial charge < -0.3 is 9.64 Å². The molecule has 0 radical (unpaired) electrons. The molecule has 30 heavy (non-hydrogen) atoms. The van der Waals surface area contributed by atoms with E-state index in [0.717, 1.165) is 61.7 Å². The molecule has 6 heteroatoms. The Morgan fingerprint density at radius 1 is 1.03 bits per heavy atom. The first-order chi connectivity index (χ1) is 14.7. The Hall–Kier alpha value is -2.70. The van der Waals surface area contributed by atoms with Crippen LogP contribution in [0.1, 0.15) is 33.5 Å². The number of aryl methyl sites for hydroxylation is 1. The van der Waals surface area contributed by atoms with Gasteiger partial charge in [-0.15, -0.1) is 11.3 Å². The lowest BCUT2D eigenvalue weighted by Crippen LogP contribution is -2.48. The second-order valence-corrected chi connectivity index (χ2v) is 8.40. The summed E-state index contributed by atoms with van der Waals surface area (Å²) in [6, 6.07) is 17.5. The fraction of sp³-hybridized carbons (Fsp3) is 0.333. The molecule has 0 atom stereocenters. The predicted molar refractivity (Wildman–Crippen MR) is 120 cm³/mol. The van der Waals surface area contributed by atoms with Crippen molar-refractivity contribution in [3.63, 3.8) is 0 Å². The third kappa shape index (κ3) is 5.26. The number of nitrogens with zero attached hydrogens (tertiary/aromatic N) is 3. The third-order valence-corrected chi connectivity index (χ3v) is 6.34. The monoisotopic (exact) mass is 421 g/mol. The first-order valence-corrected chi connectivity index (χ1v) is 11.3. The maximum Gasteiger partial charge on any atom is 0.253 e. The molecule has 1 fully saturated rings. The Balaban J connectivity index is 1.26. The van der Waals surface area contributed by atoms with E-state index in [0.29, 0.717) is 6.61 Å². The molecule has 1 aromatic heterocycles. The minimum absolute atomic E-state index is 0.104. The minimum Gasteiger partial charge on any atom is -0.489 e. The van der Waals surface area contributed by atoms with Crippen LogP contribution in [0, 0.1) is 0 Å². The highest BCUT2D eigenvalue weighted by atomic mass is 32.1. The molecule has 0 spiro atoms. The second-order valence-electron chi connectivity index (χ2n) is 7.45. The molecular formula is C24H27N3O2S. The molecule has 1 aliphatic heterocycles. The average molecular weight is 422 g/mol. The summed E-state index contributed by atoms with van der Waals surface area (Å²) >= 11 is 1.73. The number of thiazole rings is 1. The number of hydrogen-bond acceptors (Lipinski definition) is 5. The quantitative estimate of drug-likeness (QED) is 0.572. The lowest BCUT2D eigenvalue weighted by molar-refractivity contribution is 0.0627. The van der Waals surface area contributed by atoms with E-state index in [9.17, 15) is 4.79 Å². The smallest absolute Gasteiger partial charge is 0.253 e. The normalized spacial score (nSPS) is 14.6. The van der Waals surface area contributed by atoms with Gasteiger partial charge in [0.15, 0.2) is 0 Å². The lowest BCUT2D eigenvalue weighted by Gasteiger charge is -2.34. The summed E-state index contributed by atoms with van der Waals surface area (Å²) in [6.07, 6.45) is 0.990. The lowest BCUT2D eigenvalue weighted by atomic mass is 10.1. The van der Waals surface area contributed by atoms with Crippen molar-refractivity contribution in [1.29, 1.82) is 0 Å². The van der Waals surface area contributed by atoms with Crippen molar-refractivity contribution in [2.24, 2.45) is 0 Å². The molecule has 5 nitrogen and oxygen atoms in total. The Morgan fingerprint density at radius 3 is 2.43 bits per heavy atom. The standard InChI is InChI=1S/C24H27N3O2S/c1-2-23-25-21(18-30-23)16-26-12-14-27(15-13-26)24(28)20-10-8-19(9-11-20)17-29-22-6-4-3-5-7-22/h3-11,18H,2,12-17H2,1H3. The van der Waals surface area contributed by atoms with Gasteiger partial charge in [0.05, 0.1) is 10.7 Å². The van der Waals surface area contributed by atoms with E-state index in [-0.39, 0.29) is 5.91 Å². The van der Waals surface area contributed by atoms with Crippen LogP contribution >= 0.6 is 11.3 Å². The van der Waals surface area contributed by atoms with Crippen LogP contribution in [0.4, 0.5) is 0 Å². The molecule has 0 saturated carbocycles. The van der Waals surface area contributed by atoms with Crippen molar-refractivity contribution < 1.29 is 9.53 Å². The Kier molecular flexibility index (Phi) is 6.77. The van der Waals surface area contributed by atoms with Gasteiger partial charge in [-0.25, -0.2) is 4.98 Å². The number of amides is 1. The fourth-order valence-electron chi connectivity index (χ4n) is 3.53. The van der Waals surface area contributed by atoms with E-state index < -0.39 is 0 Å². The second kappa shape index (κ2) is 9.87. The highest BCUT2D eigenvalue weighted by molar-refractivity contribution is 7.09. The van der Waals surface area contributed by atoms with Crippen LogP contribution in [-0.4, -0.2) is 46.9 Å². The van der Waals surface area contributed by atoms with Gasteiger partial charge in [-0.2, -0.15) is 0 Å². The number of carbonyl (C=O) groups excluding carboxylic acids is 1. The Bertz CT molecular complexity index is 948. The third-order valence-electron chi connectivity index (χ3n) is 5.30. The molecular weight excluding hydrogens is 394 g/mol. The highest BCUT2D eigenvalue weighted by Gasteiger charge is 2.22. The summed E-state index contributed by atoms with van der Waals surface area (Å²) in [5.74, 6) is 0.950. The van der Waals surface area contributed by atoms with Crippen molar-refractivity contribution in [3.8, 4) is 5.75 Å². The van der Waals surface area contributed by atoms with Crippen LogP contribution in [0.2, 0.25) is 0 Å². The molecule has 1 saturated heterocycles. The van der Waals surface area contributed by atoms with E-state index >= 15 is 0 Å². The first kappa shape index (κ1) is 20.6. The van der Waals surface area contributed by atoms with E-state index in [2.05, 4.69) is 22.2 Å². The molecule has 0 bridgehead atoms. The fourth-order valence-corrected chi connectivity index (χ4v) is 4.27. The van der Waals surface area contributed by atoms with Crippen molar-refractivity contribution in [1.82, 2.24) is 14.8 Å². The van der Waals surface area contributed by atoms with Gasteiger partial charge in [0.25, 0.3) is 5.91 Å². The van der Waals surface area contributed by atoms with Gasteiger partial charge in [0, 0.05) is 43.7 Å². The molecule has 0 unspecified atom stereocenters. The number of benzene rings is 2. The molecule has 1 amide bonds. The zero-order valence-electron chi connectivity index (χ0n) is 17.3. The van der Waals surface area contributed by atoms with Gasteiger partial charge in [0.1, 0.15) is 12.4 Å². The molecule has 2 heterocycles. The number of para-hydroxylation sites is 1. The zero-order chi connectivity index (χ0) is 20.8. The van der Waals surface area contributed by atoms with E-state index in [1.807, 2.05) is 59.5 Å². The Morgan fingerprint density at radius 2 is 1.77 bits per heavy atom. The van der Waals surface area contributed by atoms with E-state index in [4.69, 9.17) is 4.74 Å². The number of piperazine rings is 1. The Labute approximate surface area is 181 Å². The van der Waals surface area contributed by atoms with E-state index in [1.54, 1.807) is 11.3 Å². The summed E-state index contributed by atoms with van der Waals surface area (Å²) in [7, 11) is 0. The molecule has 3 aromatic rings. The molecule has 0 N–H and O–H groups in total. The SMILES string of the molecule is CCc1nc(CN2CCN(C(=O)c3ccc(COc4ccccc4)cc3)CC2)cs1. The first-order valence-electron chi connectivity index (χ1n) is 10.4. The van der Waals surface area contributed by atoms with Crippen LogP contribution in [0.5, 0.6) is 5.75 Å². The maximum atomic E-state index is 12.9. The summed E-state index contributed by atoms with van der Waals surface area (Å²) in [5, 5.41) is 3.34. The zero-order valence-corrected chi connectivity index (χ0v) is 18.1. The largest absolute Gasteiger partial charge is 0.489 e.